The Hall–Kier alpha value is -2.74. The number of aromatic hydroxyl groups is 1. The van der Waals surface area contributed by atoms with Crippen LogP contribution < -0.4 is 4.74 Å². The molecule has 0 bridgehead atoms. The maximum Gasteiger partial charge on any atom is 0.315 e. The van der Waals surface area contributed by atoms with Crippen molar-refractivity contribution in [3.8, 4) is 11.5 Å². The molecule has 126 valence electrons. The molecule has 24 heavy (non-hydrogen) atoms. The van der Waals surface area contributed by atoms with Gasteiger partial charge in [0, 0.05) is 11.3 Å². The molecule has 7 nitrogen and oxygen atoms in total. The summed E-state index contributed by atoms with van der Waals surface area (Å²) in [6.07, 6.45) is 0.0491. The Morgan fingerprint density at radius 3 is 2.46 bits per heavy atom. The lowest BCUT2D eigenvalue weighted by Crippen LogP contribution is -2.11. The standard InChI is InChI=1S/C16H15NO6S/c18-15-6-5-14(8-13(15)10-24)23-16(19)7-11-1-3-12(4-2-11)9-22-17(20)21/h1-6,8,18,24H,7,9-10H2. The van der Waals surface area contributed by atoms with Gasteiger partial charge in [-0.2, -0.15) is 12.6 Å². The molecule has 0 atom stereocenters. The summed E-state index contributed by atoms with van der Waals surface area (Å²) in [5.41, 5.74) is 1.90. The minimum Gasteiger partial charge on any atom is -0.508 e. The number of benzene rings is 2. The van der Waals surface area contributed by atoms with Gasteiger partial charge < -0.3 is 14.7 Å². The van der Waals surface area contributed by atoms with E-state index in [1.165, 1.54) is 12.1 Å². The topological polar surface area (TPSA) is 98.9 Å². The van der Waals surface area contributed by atoms with Crippen LogP contribution in [0.3, 0.4) is 0 Å². The molecular weight excluding hydrogens is 334 g/mol. The van der Waals surface area contributed by atoms with Gasteiger partial charge in [0.1, 0.15) is 18.1 Å². The molecule has 0 amide bonds. The first-order valence-corrected chi connectivity index (χ1v) is 7.59. The van der Waals surface area contributed by atoms with Gasteiger partial charge >= 0.3 is 5.97 Å². The molecule has 0 spiro atoms. The van der Waals surface area contributed by atoms with Crippen LogP contribution in [0.4, 0.5) is 0 Å². The van der Waals surface area contributed by atoms with Crippen LogP contribution in [-0.2, 0) is 28.4 Å². The molecule has 2 aromatic carbocycles. The maximum absolute atomic E-state index is 11.9. The zero-order valence-electron chi connectivity index (χ0n) is 12.5. The van der Waals surface area contributed by atoms with Crippen LogP contribution in [0.2, 0.25) is 0 Å². The van der Waals surface area contributed by atoms with E-state index in [1.807, 2.05) is 0 Å². The zero-order valence-corrected chi connectivity index (χ0v) is 13.4. The number of hydrogen-bond acceptors (Lipinski definition) is 7. The molecule has 0 aliphatic heterocycles. The van der Waals surface area contributed by atoms with E-state index in [9.17, 15) is 20.0 Å². The third-order valence-corrected chi connectivity index (χ3v) is 3.50. The van der Waals surface area contributed by atoms with Gasteiger partial charge in [-0.1, -0.05) is 24.3 Å². The molecule has 0 radical (unpaired) electrons. The Morgan fingerprint density at radius 2 is 1.83 bits per heavy atom. The van der Waals surface area contributed by atoms with Crippen molar-refractivity contribution in [2.45, 2.75) is 18.8 Å². The number of phenolic OH excluding ortho intramolecular Hbond substituents is 1. The molecule has 0 aromatic heterocycles. The molecule has 2 aromatic rings. The highest BCUT2D eigenvalue weighted by molar-refractivity contribution is 7.79. The number of carbonyl (C=O) groups is 1. The fourth-order valence-electron chi connectivity index (χ4n) is 1.97. The van der Waals surface area contributed by atoms with E-state index >= 15 is 0 Å². The van der Waals surface area contributed by atoms with Crippen LogP contribution in [0, 0.1) is 10.1 Å². The Kier molecular flexibility index (Phi) is 6.02. The average Bonchev–Trinajstić information content (AvgIpc) is 2.56. The Labute approximate surface area is 143 Å². The molecule has 0 aliphatic rings. The molecular formula is C16H15NO6S. The van der Waals surface area contributed by atoms with E-state index in [4.69, 9.17) is 4.74 Å². The van der Waals surface area contributed by atoms with Gasteiger partial charge in [-0.3, -0.25) is 4.79 Å². The Bertz CT molecular complexity index is 732. The Balaban J connectivity index is 1.93. The fourth-order valence-corrected chi connectivity index (χ4v) is 2.22. The smallest absolute Gasteiger partial charge is 0.315 e. The van der Waals surface area contributed by atoms with E-state index in [2.05, 4.69) is 17.5 Å². The number of carbonyl (C=O) groups excluding carboxylic acids is 1. The quantitative estimate of drug-likeness (QED) is 0.262. The van der Waals surface area contributed by atoms with Crippen LogP contribution in [0.15, 0.2) is 42.5 Å². The van der Waals surface area contributed by atoms with Gasteiger partial charge in [-0.05, 0) is 29.3 Å². The zero-order chi connectivity index (χ0) is 17.5. The number of esters is 1. The first kappa shape index (κ1) is 17.6. The first-order chi connectivity index (χ1) is 11.5. The van der Waals surface area contributed by atoms with E-state index in [1.54, 1.807) is 30.3 Å². The monoisotopic (exact) mass is 349 g/mol. The lowest BCUT2D eigenvalue weighted by molar-refractivity contribution is -0.763. The summed E-state index contributed by atoms with van der Waals surface area (Å²) in [5.74, 6) is 0.292. The summed E-state index contributed by atoms with van der Waals surface area (Å²) in [7, 11) is 0. The molecule has 0 saturated heterocycles. The van der Waals surface area contributed by atoms with Crippen molar-refractivity contribution in [3.63, 3.8) is 0 Å². The summed E-state index contributed by atoms with van der Waals surface area (Å²) in [5, 5.41) is 18.8. The third-order valence-electron chi connectivity index (χ3n) is 3.16. The lowest BCUT2D eigenvalue weighted by Gasteiger charge is -2.08. The van der Waals surface area contributed by atoms with Crippen molar-refractivity contribution in [1.82, 2.24) is 0 Å². The molecule has 0 unspecified atom stereocenters. The SMILES string of the molecule is O=C(Cc1ccc(CO[N+](=O)[O-])cc1)Oc1ccc(O)c(CS)c1. The minimum atomic E-state index is -0.859. The number of nitrogens with zero attached hydrogens (tertiary/aromatic N) is 1. The Morgan fingerprint density at radius 1 is 1.17 bits per heavy atom. The van der Waals surface area contributed by atoms with E-state index in [0.29, 0.717) is 28.2 Å². The van der Waals surface area contributed by atoms with Crippen LogP contribution in [0.5, 0.6) is 11.5 Å². The summed E-state index contributed by atoms with van der Waals surface area (Å²) in [6, 6.07) is 11.1. The van der Waals surface area contributed by atoms with Gasteiger partial charge in [0.25, 0.3) is 5.09 Å². The van der Waals surface area contributed by atoms with Crippen LogP contribution in [-0.4, -0.2) is 16.2 Å². The normalized spacial score (nSPS) is 10.2. The number of ether oxygens (including phenoxy) is 1. The molecule has 8 heteroatoms. The van der Waals surface area contributed by atoms with Crippen LogP contribution >= 0.6 is 12.6 Å². The van der Waals surface area contributed by atoms with Gasteiger partial charge in [0.15, 0.2) is 0 Å². The highest BCUT2D eigenvalue weighted by atomic mass is 32.1. The van der Waals surface area contributed by atoms with Crippen molar-refractivity contribution in [3.05, 3.63) is 69.3 Å². The first-order valence-electron chi connectivity index (χ1n) is 6.96. The molecule has 0 heterocycles. The minimum absolute atomic E-state index is 0.0491. The third kappa shape index (κ3) is 5.17. The lowest BCUT2D eigenvalue weighted by atomic mass is 10.1. The van der Waals surface area contributed by atoms with Crippen molar-refractivity contribution >= 4 is 18.6 Å². The summed E-state index contributed by atoms with van der Waals surface area (Å²) < 4.78 is 5.23. The van der Waals surface area contributed by atoms with E-state index < -0.39 is 11.1 Å². The predicted octanol–water partition coefficient (Wildman–Crippen LogP) is 2.68. The van der Waals surface area contributed by atoms with Crippen molar-refractivity contribution in [1.29, 1.82) is 0 Å². The van der Waals surface area contributed by atoms with Crippen LogP contribution in [0.1, 0.15) is 16.7 Å². The second-order valence-electron chi connectivity index (χ2n) is 4.91. The predicted molar refractivity (Wildman–Crippen MR) is 88.4 cm³/mol. The maximum atomic E-state index is 11.9. The summed E-state index contributed by atoms with van der Waals surface area (Å²) in [6.45, 7) is -0.141. The number of phenols is 1. The highest BCUT2D eigenvalue weighted by Gasteiger charge is 2.09. The molecule has 2 rings (SSSR count). The van der Waals surface area contributed by atoms with Crippen LogP contribution in [0.25, 0.3) is 0 Å². The average molecular weight is 349 g/mol. The summed E-state index contributed by atoms with van der Waals surface area (Å²) in [4.78, 5) is 26.3. The number of hydrogen-bond donors (Lipinski definition) is 2. The highest BCUT2D eigenvalue weighted by Crippen LogP contribution is 2.24. The van der Waals surface area contributed by atoms with Gasteiger partial charge in [-0.25, -0.2) is 0 Å². The largest absolute Gasteiger partial charge is 0.508 e. The van der Waals surface area contributed by atoms with Gasteiger partial charge in [-0.15, -0.1) is 10.1 Å². The second-order valence-corrected chi connectivity index (χ2v) is 5.23. The van der Waals surface area contributed by atoms with Gasteiger partial charge in [0.05, 0.1) is 6.42 Å². The fraction of sp³-hybridized carbons (Fsp3) is 0.188. The molecule has 0 aliphatic carbocycles. The molecule has 1 N–H and O–H groups in total. The van der Waals surface area contributed by atoms with Crippen molar-refractivity contribution in [2.75, 3.05) is 0 Å². The van der Waals surface area contributed by atoms with Crippen molar-refractivity contribution in [2.24, 2.45) is 0 Å². The van der Waals surface area contributed by atoms with Gasteiger partial charge in [0.2, 0.25) is 0 Å². The molecule has 0 fully saturated rings. The number of rotatable bonds is 7. The molecule has 0 saturated carbocycles. The second kappa shape index (κ2) is 8.21. The van der Waals surface area contributed by atoms with E-state index in [0.717, 1.165) is 0 Å². The van der Waals surface area contributed by atoms with E-state index in [-0.39, 0.29) is 18.8 Å². The number of thiol groups is 1. The van der Waals surface area contributed by atoms with Crippen molar-refractivity contribution < 1.29 is 24.6 Å². The summed E-state index contributed by atoms with van der Waals surface area (Å²) >= 11 is 4.08.